The van der Waals surface area contributed by atoms with E-state index in [1.54, 1.807) is 0 Å². The Bertz CT molecular complexity index is 423. The molecule has 0 aromatic heterocycles. The van der Waals surface area contributed by atoms with E-state index in [1.807, 2.05) is 7.05 Å². The second-order valence-electron chi connectivity index (χ2n) is 4.10. The zero-order chi connectivity index (χ0) is 13.0. The van der Waals surface area contributed by atoms with Crippen molar-refractivity contribution in [3.05, 3.63) is 17.4 Å². The van der Waals surface area contributed by atoms with Gasteiger partial charge < -0.3 is 19.5 Å². The summed E-state index contributed by atoms with van der Waals surface area (Å²) in [6.07, 6.45) is 1.42. The Morgan fingerprint density at radius 2 is 2.17 bits per heavy atom. The first-order chi connectivity index (χ1) is 8.77. The summed E-state index contributed by atoms with van der Waals surface area (Å²) >= 11 is 0. The molecule has 0 fully saturated rings. The average Bonchev–Trinajstić information content (AvgIpc) is 2.60. The van der Waals surface area contributed by atoms with Crippen LogP contribution in [-0.2, 0) is 6.42 Å². The van der Waals surface area contributed by atoms with Crippen LogP contribution in [0.25, 0.3) is 0 Å². The third-order valence-corrected chi connectivity index (χ3v) is 2.87. The second kappa shape index (κ2) is 5.91. The van der Waals surface area contributed by atoms with Crippen LogP contribution in [0, 0.1) is 5.82 Å². The van der Waals surface area contributed by atoms with E-state index in [0.717, 1.165) is 18.5 Å². The summed E-state index contributed by atoms with van der Waals surface area (Å²) in [6, 6.07) is 1.34. The predicted octanol–water partition coefficient (Wildman–Crippen LogP) is 1.76. The fraction of sp³-hybridized carbons (Fsp3) is 0.538. The van der Waals surface area contributed by atoms with Gasteiger partial charge in [-0.05, 0) is 20.0 Å². The Kier molecular flexibility index (Phi) is 4.25. The van der Waals surface area contributed by atoms with Gasteiger partial charge in [0.05, 0.1) is 20.3 Å². The molecule has 18 heavy (non-hydrogen) atoms. The Morgan fingerprint density at radius 1 is 1.39 bits per heavy atom. The van der Waals surface area contributed by atoms with E-state index in [4.69, 9.17) is 14.2 Å². The van der Waals surface area contributed by atoms with Crippen LogP contribution in [0.15, 0.2) is 6.07 Å². The Balaban J connectivity index is 2.46. The zero-order valence-corrected chi connectivity index (χ0v) is 10.7. The van der Waals surface area contributed by atoms with Gasteiger partial charge in [0.2, 0.25) is 0 Å². The van der Waals surface area contributed by atoms with Crippen LogP contribution >= 0.6 is 0 Å². The molecule has 2 rings (SSSR count). The van der Waals surface area contributed by atoms with Crippen molar-refractivity contribution in [1.29, 1.82) is 0 Å². The van der Waals surface area contributed by atoms with Gasteiger partial charge in [0.1, 0.15) is 0 Å². The summed E-state index contributed by atoms with van der Waals surface area (Å²) in [5.74, 6) is 0.917. The zero-order valence-electron chi connectivity index (χ0n) is 10.7. The lowest BCUT2D eigenvalue weighted by molar-refractivity contribution is 0.295. The molecular weight excluding hydrogens is 237 g/mol. The van der Waals surface area contributed by atoms with Gasteiger partial charge in [-0.2, -0.15) is 0 Å². The van der Waals surface area contributed by atoms with Crippen molar-refractivity contribution in [2.24, 2.45) is 0 Å². The van der Waals surface area contributed by atoms with Crippen LogP contribution in [0.4, 0.5) is 4.39 Å². The van der Waals surface area contributed by atoms with Crippen molar-refractivity contribution >= 4 is 0 Å². The Labute approximate surface area is 106 Å². The maximum atomic E-state index is 13.9. The first kappa shape index (κ1) is 13.0. The van der Waals surface area contributed by atoms with Crippen LogP contribution in [0.3, 0.4) is 0 Å². The molecule has 1 heterocycles. The molecule has 4 nitrogen and oxygen atoms in total. The summed E-state index contributed by atoms with van der Waals surface area (Å²) in [5, 5.41) is 3.04. The fourth-order valence-electron chi connectivity index (χ4n) is 2.02. The van der Waals surface area contributed by atoms with Gasteiger partial charge in [-0.3, -0.25) is 0 Å². The third kappa shape index (κ3) is 2.51. The number of hydrogen-bond acceptors (Lipinski definition) is 4. The fourth-order valence-corrected chi connectivity index (χ4v) is 2.02. The van der Waals surface area contributed by atoms with Crippen molar-refractivity contribution in [1.82, 2.24) is 5.32 Å². The minimum absolute atomic E-state index is 0.245. The van der Waals surface area contributed by atoms with E-state index in [0.29, 0.717) is 31.1 Å². The second-order valence-corrected chi connectivity index (χ2v) is 4.10. The van der Waals surface area contributed by atoms with Crippen molar-refractivity contribution < 1.29 is 18.6 Å². The third-order valence-electron chi connectivity index (χ3n) is 2.87. The van der Waals surface area contributed by atoms with Crippen LogP contribution in [0.5, 0.6) is 17.2 Å². The lowest BCUT2D eigenvalue weighted by atomic mass is 10.1. The van der Waals surface area contributed by atoms with E-state index >= 15 is 0 Å². The first-order valence-corrected chi connectivity index (χ1v) is 6.07. The van der Waals surface area contributed by atoms with Crippen LogP contribution in [0.2, 0.25) is 0 Å². The molecule has 1 aliphatic heterocycles. The van der Waals surface area contributed by atoms with E-state index < -0.39 is 5.82 Å². The molecule has 0 amide bonds. The predicted molar refractivity (Wildman–Crippen MR) is 66.2 cm³/mol. The molecule has 0 unspecified atom stereocenters. The Morgan fingerprint density at radius 3 is 2.89 bits per heavy atom. The minimum atomic E-state index is -0.409. The van der Waals surface area contributed by atoms with Crippen LogP contribution < -0.4 is 19.5 Å². The molecule has 0 bridgehead atoms. The van der Waals surface area contributed by atoms with Crippen LogP contribution in [-0.4, -0.2) is 33.9 Å². The molecule has 0 radical (unpaired) electrons. The molecule has 0 saturated heterocycles. The van der Waals surface area contributed by atoms with Gasteiger partial charge in [-0.25, -0.2) is 4.39 Å². The van der Waals surface area contributed by atoms with E-state index in [1.165, 1.54) is 13.2 Å². The molecular formula is C13H18FNO3. The van der Waals surface area contributed by atoms with Gasteiger partial charge in [0, 0.05) is 18.1 Å². The summed E-state index contributed by atoms with van der Waals surface area (Å²) in [7, 11) is 3.31. The molecule has 5 heteroatoms. The highest BCUT2D eigenvalue weighted by Crippen LogP contribution is 2.41. The summed E-state index contributed by atoms with van der Waals surface area (Å²) in [5.41, 5.74) is 0.726. The number of nitrogens with one attached hydrogen (secondary N) is 1. The van der Waals surface area contributed by atoms with E-state index in [2.05, 4.69) is 5.32 Å². The number of halogens is 1. The number of hydrogen-bond donors (Lipinski definition) is 1. The van der Waals surface area contributed by atoms with Crippen molar-refractivity contribution in [3.63, 3.8) is 0 Å². The highest BCUT2D eigenvalue weighted by Gasteiger charge is 2.22. The smallest absolute Gasteiger partial charge is 0.169 e. The summed E-state index contributed by atoms with van der Waals surface area (Å²) < 4.78 is 30.2. The largest absolute Gasteiger partial charge is 0.493 e. The normalized spacial score (nSPS) is 14.2. The number of ether oxygens (including phenoxy) is 3. The average molecular weight is 255 g/mol. The van der Waals surface area contributed by atoms with Gasteiger partial charge in [-0.15, -0.1) is 0 Å². The molecule has 1 N–H and O–H groups in total. The monoisotopic (exact) mass is 255 g/mol. The molecule has 0 saturated carbocycles. The summed E-state index contributed by atoms with van der Waals surface area (Å²) in [6.45, 7) is 1.84. The van der Waals surface area contributed by atoms with Gasteiger partial charge in [0.15, 0.2) is 23.1 Å². The van der Waals surface area contributed by atoms with Gasteiger partial charge in [0.25, 0.3) is 0 Å². The molecule has 1 aromatic carbocycles. The highest BCUT2D eigenvalue weighted by molar-refractivity contribution is 5.55. The maximum Gasteiger partial charge on any atom is 0.169 e. The lowest BCUT2D eigenvalue weighted by Gasteiger charge is -2.16. The number of methoxy groups -OCH3 is 1. The molecule has 0 aliphatic carbocycles. The lowest BCUT2D eigenvalue weighted by Crippen LogP contribution is -2.13. The van der Waals surface area contributed by atoms with Gasteiger partial charge >= 0.3 is 0 Å². The quantitative estimate of drug-likeness (QED) is 0.890. The van der Waals surface area contributed by atoms with Gasteiger partial charge in [-0.1, -0.05) is 0 Å². The van der Waals surface area contributed by atoms with Crippen molar-refractivity contribution in [3.8, 4) is 17.2 Å². The van der Waals surface area contributed by atoms with Crippen LogP contribution in [0.1, 0.15) is 12.0 Å². The van der Waals surface area contributed by atoms with E-state index in [9.17, 15) is 4.39 Å². The highest BCUT2D eigenvalue weighted by atomic mass is 19.1. The molecule has 100 valence electrons. The standard InChI is InChI=1S/C13H18FNO3/c1-15-5-4-9-12(16-2)10(14)8-11-13(9)18-7-3-6-17-11/h8,15H,3-7H2,1-2H3. The first-order valence-electron chi connectivity index (χ1n) is 6.07. The molecule has 0 atom stereocenters. The van der Waals surface area contributed by atoms with E-state index in [-0.39, 0.29) is 5.75 Å². The maximum absolute atomic E-state index is 13.9. The Hall–Kier alpha value is -1.49. The van der Waals surface area contributed by atoms with Crippen molar-refractivity contribution in [2.75, 3.05) is 33.9 Å². The minimum Gasteiger partial charge on any atom is -0.493 e. The number of benzene rings is 1. The molecule has 1 aromatic rings. The molecule has 1 aliphatic rings. The summed E-state index contributed by atoms with van der Waals surface area (Å²) in [4.78, 5) is 0. The topological polar surface area (TPSA) is 39.7 Å². The van der Waals surface area contributed by atoms with Crippen molar-refractivity contribution in [2.45, 2.75) is 12.8 Å². The number of fused-ring (bicyclic) bond motifs is 1. The number of likely N-dealkylation sites (N-methyl/N-ethyl adjacent to an activating group) is 1. The SMILES string of the molecule is CNCCc1c(OC)c(F)cc2c1OCCCO2. The molecule has 0 spiro atoms. The number of rotatable bonds is 4.